The Kier molecular flexibility index (Phi) is 5.58. The lowest BCUT2D eigenvalue weighted by Crippen LogP contribution is -2.37. The summed E-state index contributed by atoms with van der Waals surface area (Å²) in [5.41, 5.74) is 0.448. The van der Waals surface area contributed by atoms with Crippen LogP contribution in [0.25, 0.3) is 0 Å². The van der Waals surface area contributed by atoms with E-state index in [0.717, 1.165) is 0 Å². The van der Waals surface area contributed by atoms with E-state index in [1.54, 1.807) is 0 Å². The fraction of sp³-hybridized carbons (Fsp3) is 0.533. The van der Waals surface area contributed by atoms with Crippen molar-refractivity contribution >= 4 is 23.2 Å². The zero-order chi connectivity index (χ0) is 16.3. The molecule has 1 atom stereocenters. The predicted molar refractivity (Wildman–Crippen MR) is 81.5 cm³/mol. The molecule has 1 aliphatic rings. The lowest BCUT2D eigenvalue weighted by Gasteiger charge is -2.23. The zero-order valence-electron chi connectivity index (χ0n) is 12.5. The smallest absolute Gasteiger partial charge is 0.387 e. The van der Waals surface area contributed by atoms with Gasteiger partial charge in [-0.3, -0.25) is 9.69 Å². The number of rotatable bonds is 7. The van der Waals surface area contributed by atoms with Crippen molar-refractivity contribution in [3.8, 4) is 5.75 Å². The lowest BCUT2D eigenvalue weighted by molar-refractivity contribution is -0.117. The van der Waals surface area contributed by atoms with Crippen LogP contribution in [0.5, 0.6) is 5.75 Å². The van der Waals surface area contributed by atoms with Gasteiger partial charge in [0.2, 0.25) is 5.91 Å². The maximum atomic E-state index is 12.1. The molecule has 1 unspecified atom stereocenters. The van der Waals surface area contributed by atoms with Crippen molar-refractivity contribution in [3.05, 3.63) is 23.2 Å². The summed E-state index contributed by atoms with van der Waals surface area (Å²) in [6.45, 7) is -0.557. The van der Waals surface area contributed by atoms with Gasteiger partial charge in [0.25, 0.3) is 0 Å². The first kappa shape index (κ1) is 17.0. The number of carbonyl (C=O) groups excluding carboxylic acids is 1. The van der Waals surface area contributed by atoms with Gasteiger partial charge in [-0.1, -0.05) is 11.6 Å². The van der Waals surface area contributed by atoms with E-state index < -0.39 is 6.61 Å². The quantitative estimate of drug-likeness (QED) is 0.829. The summed E-state index contributed by atoms with van der Waals surface area (Å²) in [7, 11) is 1.91. The number of nitrogens with zero attached hydrogens (tertiary/aromatic N) is 1. The third-order valence-corrected chi connectivity index (χ3v) is 4.12. The van der Waals surface area contributed by atoms with E-state index in [4.69, 9.17) is 11.6 Å². The third-order valence-electron chi connectivity index (χ3n) is 3.82. The van der Waals surface area contributed by atoms with Crippen molar-refractivity contribution < 1.29 is 18.3 Å². The Morgan fingerprint density at radius 2 is 2.18 bits per heavy atom. The van der Waals surface area contributed by atoms with Crippen LogP contribution in [-0.4, -0.2) is 37.1 Å². The molecular formula is C15H19ClF2N2O2. The number of benzene rings is 1. The highest BCUT2D eigenvalue weighted by Gasteiger charge is 2.30. The monoisotopic (exact) mass is 332 g/mol. The summed E-state index contributed by atoms with van der Waals surface area (Å²) in [6, 6.07) is 4.55. The number of ether oxygens (including phenoxy) is 1. The molecule has 0 aromatic heterocycles. The van der Waals surface area contributed by atoms with Crippen molar-refractivity contribution in [3.63, 3.8) is 0 Å². The summed E-state index contributed by atoms with van der Waals surface area (Å²) < 4.78 is 28.5. The molecule has 1 aromatic rings. The molecule has 0 saturated heterocycles. The second kappa shape index (κ2) is 7.24. The van der Waals surface area contributed by atoms with Gasteiger partial charge in [-0.25, -0.2) is 0 Å². The number of hydrogen-bond acceptors (Lipinski definition) is 3. The van der Waals surface area contributed by atoms with E-state index in [1.807, 2.05) is 11.9 Å². The van der Waals surface area contributed by atoms with Crippen LogP contribution in [0.2, 0.25) is 5.02 Å². The van der Waals surface area contributed by atoms with E-state index in [-0.39, 0.29) is 23.2 Å². The number of alkyl halides is 2. The van der Waals surface area contributed by atoms with E-state index in [2.05, 4.69) is 17.0 Å². The van der Waals surface area contributed by atoms with Gasteiger partial charge in [0.05, 0.1) is 11.6 Å². The standard InChI is InChI=1S/C15H19ClF2N2O2/c1-9(10-3-4-10)20(2)8-14(21)19-11-5-6-13(12(16)7-11)22-15(17)18/h5-7,9-10,15H,3-4,8H2,1-2H3,(H,19,21). The maximum absolute atomic E-state index is 12.1. The maximum Gasteiger partial charge on any atom is 0.387 e. The van der Waals surface area contributed by atoms with Crippen LogP contribution in [-0.2, 0) is 4.79 Å². The number of hydrogen-bond donors (Lipinski definition) is 1. The molecule has 0 heterocycles. The van der Waals surface area contributed by atoms with Crippen LogP contribution in [0, 0.1) is 5.92 Å². The van der Waals surface area contributed by atoms with Gasteiger partial charge < -0.3 is 10.1 Å². The van der Waals surface area contributed by atoms with Crippen molar-refractivity contribution in [1.29, 1.82) is 0 Å². The zero-order valence-corrected chi connectivity index (χ0v) is 13.2. The van der Waals surface area contributed by atoms with Crippen molar-refractivity contribution in [1.82, 2.24) is 4.90 Å². The lowest BCUT2D eigenvalue weighted by atomic mass is 10.2. The van der Waals surface area contributed by atoms with Gasteiger partial charge in [-0.15, -0.1) is 0 Å². The molecule has 1 amide bonds. The van der Waals surface area contributed by atoms with Crippen LogP contribution in [0.1, 0.15) is 19.8 Å². The number of amides is 1. The van der Waals surface area contributed by atoms with Gasteiger partial charge in [0.1, 0.15) is 5.75 Å². The fourth-order valence-corrected chi connectivity index (χ4v) is 2.50. The van der Waals surface area contributed by atoms with E-state index in [9.17, 15) is 13.6 Å². The second-order valence-corrected chi connectivity index (χ2v) is 5.97. The molecular weight excluding hydrogens is 314 g/mol. The summed E-state index contributed by atoms with van der Waals surface area (Å²) in [4.78, 5) is 14.0. The Bertz CT molecular complexity index is 538. The molecule has 0 radical (unpaired) electrons. The minimum Gasteiger partial charge on any atom is -0.433 e. The third kappa shape index (κ3) is 4.81. The van der Waals surface area contributed by atoms with E-state index in [0.29, 0.717) is 17.6 Å². The molecule has 7 heteroatoms. The molecule has 22 heavy (non-hydrogen) atoms. The Morgan fingerprint density at radius 1 is 1.50 bits per heavy atom. The molecule has 0 bridgehead atoms. The molecule has 4 nitrogen and oxygen atoms in total. The molecule has 1 saturated carbocycles. The van der Waals surface area contributed by atoms with Crippen LogP contribution < -0.4 is 10.1 Å². The Hall–Kier alpha value is -1.40. The number of halogens is 3. The highest BCUT2D eigenvalue weighted by molar-refractivity contribution is 6.32. The topological polar surface area (TPSA) is 41.6 Å². The Balaban J connectivity index is 1.89. The minimum absolute atomic E-state index is 0.0257. The van der Waals surface area contributed by atoms with Crippen molar-refractivity contribution in [2.45, 2.75) is 32.4 Å². The van der Waals surface area contributed by atoms with Gasteiger partial charge in [-0.05, 0) is 50.9 Å². The van der Waals surface area contributed by atoms with Crippen LogP contribution in [0.4, 0.5) is 14.5 Å². The Morgan fingerprint density at radius 3 is 2.73 bits per heavy atom. The first-order valence-electron chi connectivity index (χ1n) is 7.11. The molecule has 1 fully saturated rings. The van der Waals surface area contributed by atoms with Gasteiger partial charge in [-0.2, -0.15) is 8.78 Å². The summed E-state index contributed by atoms with van der Waals surface area (Å²) in [5.74, 6) is 0.390. The van der Waals surface area contributed by atoms with Crippen molar-refractivity contribution in [2.75, 3.05) is 18.9 Å². The second-order valence-electron chi connectivity index (χ2n) is 5.57. The summed E-state index contributed by atoms with van der Waals surface area (Å²) in [5, 5.41) is 2.73. The molecule has 122 valence electrons. The molecule has 0 spiro atoms. The minimum atomic E-state index is -2.93. The molecule has 1 N–H and O–H groups in total. The normalized spacial score (nSPS) is 16.0. The summed E-state index contributed by atoms with van der Waals surface area (Å²) in [6.07, 6.45) is 2.43. The Labute approximate surface area is 133 Å². The molecule has 1 aromatic carbocycles. The van der Waals surface area contributed by atoms with Crippen LogP contribution in [0.15, 0.2) is 18.2 Å². The average Bonchev–Trinajstić information content (AvgIpc) is 3.24. The highest BCUT2D eigenvalue weighted by Crippen LogP contribution is 2.34. The summed E-state index contributed by atoms with van der Waals surface area (Å²) >= 11 is 5.84. The molecule has 0 aliphatic heterocycles. The highest BCUT2D eigenvalue weighted by atomic mass is 35.5. The van der Waals surface area contributed by atoms with Crippen molar-refractivity contribution in [2.24, 2.45) is 5.92 Å². The number of carbonyl (C=O) groups is 1. The number of likely N-dealkylation sites (N-methyl/N-ethyl adjacent to an activating group) is 1. The van der Waals surface area contributed by atoms with Gasteiger partial charge in [0, 0.05) is 11.7 Å². The van der Waals surface area contributed by atoms with E-state index >= 15 is 0 Å². The number of nitrogens with one attached hydrogen (secondary N) is 1. The molecule has 2 rings (SSSR count). The first-order valence-corrected chi connectivity index (χ1v) is 7.49. The van der Waals surface area contributed by atoms with Gasteiger partial charge in [0.15, 0.2) is 0 Å². The average molecular weight is 333 g/mol. The largest absolute Gasteiger partial charge is 0.433 e. The van der Waals surface area contributed by atoms with Crippen LogP contribution in [0.3, 0.4) is 0 Å². The van der Waals surface area contributed by atoms with Crippen LogP contribution >= 0.6 is 11.6 Å². The molecule has 1 aliphatic carbocycles. The first-order chi connectivity index (χ1) is 10.4. The number of anilines is 1. The SMILES string of the molecule is CC(C1CC1)N(C)CC(=O)Nc1ccc(OC(F)F)c(Cl)c1. The predicted octanol–water partition coefficient (Wildman–Crippen LogP) is 3.61. The van der Waals surface area contributed by atoms with E-state index in [1.165, 1.54) is 31.0 Å². The fourth-order valence-electron chi connectivity index (χ4n) is 2.28. The van der Waals surface area contributed by atoms with Gasteiger partial charge >= 0.3 is 6.61 Å².